The lowest BCUT2D eigenvalue weighted by atomic mass is 10.1. The van der Waals surface area contributed by atoms with Gasteiger partial charge in [0.15, 0.2) is 0 Å². The molecular weight excluding hydrogens is 370 g/mol. The predicted molar refractivity (Wildman–Crippen MR) is 111 cm³/mol. The van der Waals surface area contributed by atoms with Gasteiger partial charge in [0.05, 0.1) is 12.6 Å². The van der Waals surface area contributed by atoms with Crippen LogP contribution in [0.15, 0.2) is 23.7 Å². The van der Waals surface area contributed by atoms with Crippen molar-refractivity contribution < 1.29 is 9.53 Å². The fourth-order valence-electron chi connectivity index (χ4n) is 3.43. The van der Waals surface area contributed by atoms with Crippen LogP contribution in [0, 0.1) is 11.8 Å². The molecule has 0 radical (unpaired) electrons. The summed E-state index contributed by atoms with van der Waals surface area (Å²) >= 11 is 1.60. The first kappa shape index (κ1) is 19.4. The van der Waals surface area contributed by atoms with Gasteiger partial charge in [0, 0.05) is 17.1 Å². The van der Waals surface area contributed by atoms with Crippen molar-refractivity contribution in [1.82, 2.24) is 15.3 Å². The van der Waals surface area contributed by atoms with E-state index >= 15 is 0 Å². The van der Waals surface area contributed by atoms with Crippen LogP contribution >= 0.6 is 11.3 Å². The maximum Gasteiger partial charge on any atom is 0.270 e. The Balaban J connectivity index is 0.00000192. The van der Waals surface area contributed by atoms with E-state index in [-0.39, 0.29) is 19.4 Å². The van der Waals surface area contributed by atoms with Gasteiger partial charge < -0.3 is 10.1 Å². The van der Waals surface area contributed by atoms with Crippen LogP contribution in [0.1, 0.15) is 85.4 Å². The van der Waals surface area contributed by atoms with Crippen LogP contribution in [0.2, 0.25) is 0 Å². The average molecular weight is 400 g/mol. The normalized spacial score (nSPS) is 19.6. The van der Waals surface area contributed by atoms with Gasteiger partial charge >= 0.3 is 0 Å². The minimum absolute atomic E-state index is 0. The Morgan fingerprint density at radius 3 is 2.61 bits per heavy atom. The molecule has 5 nitrogen and oxygen atoms in total. The maximum atomic E-state index is 12.9. The van der Waals surface area contributed by atoms with Gasteiger partial charge in [-0.25, -0.2) is 9.97 Å². The third kappa shape index (κ3) is 4.72. The van der Waals surface area contributed by atoms with Gasteiger partial charge in [-0.1, -0.05) is 26.3 Å². The largest absolute Gasteiger partial charge is 0.477 e. The Kier molecular flexibility index (Phi) is 5.67. The number of carbonyl (C=O) groups is 1. The van der Waals surface area contributed by atoms with Crippen molar-refractivity contribution in [2.75, 3.05) is 6.61 Å². The molecule has 5 rings (SSSR count). The van der Waals surface area contributed by atoms with Gasteiger partial charge in [-0.15, -0.1) is 11.3 Å². The monoisotopic (exact) mass is 399 g/mol. The number of nitrogens with zero attached hydrogens (tertiary/aromatic N) is 2. The molecule has 3 aliphatic carbocycles. The minimum Gasteiger partial charge on any atom is -0.477 e. The highest BCUT2D eigenvalue weighted by Gasteiger charge is 2.31. The molecule has 1 N–H and O–H groups in total. The van der Waals surface area contributed by atoms with E-state index in [0.29, 0.717) is 29.3 Å². The van der Waals surface area contributed by atoms with Gasteiger partial charge in [-0.2, -0.15) is 0 Å². The van der Waals surface area contributed by atoms with Gasteiger partial charge in [0.25, 0.3) is 5.91 Å². The van der Waals surface area contributed by atoms with Gasteiger partial charge in [-0.3, -0.25) is 4.79 Å². The molecule has 0 bridgehead atoms. The van der Waals surface area contributed by atoms with E-state index in [1.165, 1.54) is 44.1 Å². The average Bonchev–Trinajstić information content (AvgIpc) is 3.54. The summed E-state index contributed by atoms with van der Waals surface area (Å²) in [7, 11) is 0. The molecule has 0 saturated heterocycles. The molecule has 1 atom stereocenters. The van der Waals surface area contributed by atoms with Crippen LogP contribution in [-0.4, -0.2) is 22.5 Å². The summed E-state index contributed by atoms with van der Waals surface area (Å²) < 4.78 is 6.00. The summed E-state index contributed by atoms with van der Waals surface area (Å²) in [5, 5.41) is 6.11. The molecule has 2 aromatic rings. The molecule has 28 heavy (non-hydrogen) atoms. The van der Waals surface area contributed by atoms with Crippen molar-refractivity contribution in [1.29, 1.82) is 0 Å². The molecule has 0 aromatic carbocycles. The summed E-state index contributed by atoms with van der Waals surface area (Å²) in [6.45, 7) is 0.723. The lowest BCUT2D eigenvalue weighted by molar-refractivity contribution is 0.0927. The smallest absolute Gasteiger partial charge is 0.270 e. The fraction of sp³-hybridized carbons (Fsp3) is 0.591. The molecule has 3 aliphatic rings. The van der Waals surface area contributed by atoms with E-state index in [1.807, 2.05) is 17.5 Å². The van der Waals surface area contributed by atoms with Crippen molar-refractivity contribution in [2.45, 2.75) is 64.3 Å². The first-order valence-electron chi connectivity index (χ1n) is 10.1. The highest BCUT2D eigenvalue weighted by Crippen LogP contribution is 2.44. The molecule has 0 spiro atoms. The maximum absolute atomic E-state index is 12.9. The lowest BCUT2D eigenvalue weighted by Crippen LogP contribution is -2.29. The standard InChI is InChI=1S/C21H25N3O2S.CH4/c25-19(23-18(11-13-1-2-13)21-22-9-10-27-21)17-8-7-16(15-5-6-15)20(24-17)26-12-14-3-4-14;/h7-10,13-15,18H,1-6,11-12H2,(H,23,25);1H4/t18-;/m0./s1. The number of thiazole rings is 1. The minimum atomic E-state index is -0.130. The van der Waals surface area contributed by atoms with Crippen molar-refractivity contribution in [3.8, 4) is 5.88 Å². The van der Waals surface area contributed by atoms with Crippen molar-refractivity contribution in [3.05, 3.63) is 40.0 Å². The zero-order valence-corrected chi connectivity index (χ0v) is 16.2. The Labute approximate surface area is 170 Å². The summed E-state index contributed by atoms with van der Waals surface area (Å²) in [6, 6.07) is 3.87. The number of pyridine rings is 1. The van der Waals surface area contributed by atoms with E-state index in [4.69, 9.17) is 4.74 Å². The molecule has 6 heteroatoms. The number of amides is 1. The molecule has 150 valence electrons. The van der Waals surface area contributed by atoms with Gasteiger partial charge in [-0.05, 0) is 55.9 Å². The summed E-state index contributed by atoms with van der Waals surface area (Å²) in [4.78, 5) is 21.9. The third-order valence-electron chi connectivity index (χ3n) is 5.61. The number of ether oxygens (including phenoxy) is 1. The number of hydrogen-bond donors (Lipinski definition) is 1. The van der Waals surface area contributed by atoms with Crippen LogP contribution in [0.5, 0.6) is 5.88 Å². The third-order valence-corrected chi connectivity index (χ3v) is 6.50. The van der Waals surface area contributed by atoms with Crippen LogP contribution in [0.25, 0.3) is 0 Å². The second-order valence-electron chi connectivity index (χ2n) is 8.19. The highest BCUT2D eigenvalue weighted by atomic mass is 32.1. The van der Waals surface area contributed by atoms with Crippen molar-refractivity contribution >= 4 is 17.2 Å². The molecule has 0 unspecified atom stereocenters. The molecule has 1 amide bonds. The van der Waals surface area contributed by atoms with E-state index in [0.717, 1.165) is 18.0 Å². The first-order valence-corrected chi connectivity index (χ1v) is 11.0. The second-order valence-corrected chi connectivity index (χ2v) is 9.12. The Morgan fingerprint density at radius 1 is 1.18 bits per heavy atom. The van der Waals surface area contributed by atoms with E-state index in [9.17, 15) is 4.79 Å². The number of nitrogens with one attached hydrogen (secondary N) is 1. The summed E-state index contributed by atoms with van der Waals surface area (Å²) in [5.74, 6) is 2.48. The molecule has 2 heterocycles. The quantitative estimate of drug-likeness (QED) is 0.636. The van der Waals surface area contributed by atoms with E-state index in [2.05, 4.69) is 15.3 Å². The molecule has 0 aliphatic heterocycles. The molecule has 2 aromatic heterocycles. The Bertz CT molecular complexity index is 811. The Morgan fingerprint density at radius 2 is 1.96 bits per heavy atom. The number of aromatic nitrogens is 2. The second kappa shape index (κ2) is 8.19. The number of carbonyl (C=O) groups excluding carboxylic acids is 1. The molecular formula is C22H29N3O2S. The van der Waals surface area contributed by atoms with Gasteiger partial charge in [0.2, 0.25) is 5.88 Å². The van der Waals surface area contributed by atoms with Crippen LogP contribution in [-0.2, 0) is 0 Å². The number of rotatable bonds is 9. The zero-order chi connectivity index (χ0) is 18.2. The first-order chi connectivity index (χ1) is 13.3. The molecule has 3 fully saturated rings. The molecule has 3 saturated carbocycles. The van der Waals surface area contributed by atoms with E-state index < -0.39 is 0 Å². The zero-order valence-electron chi connectivity index (χ0n) is 15.4. The topological polar surface area (TPSA) is 64.1 Å². The van der Waals surface area contributed by atoms with Crippen LogP contribution in [0.3, 0.4) is 0 Å². The lowest BCUT2D eigenvalue weighted by Gasteiger charge is -2.17. The summed E-state index contributed by atoms with van der Waals surface area (Å²) in [6.07, 6.45) is 10.2. The van der Waals surface area contributed by atoms with Crippen LogP contribution in [0.4, 0.5) is 0 Å². The van der Waals surface area contributed by atoms with Crippen molar-refractivity contribution in [3.63, 3.8) is 0 Å². The van der Waals surface area contributed by atoms with Crippen LogP contribution < -0.4 is 10.1 Å². The fourth-order valence-corrected chi connectivity index (χ4v) is 4.13. The highest BCUT2D eigenvalue weighted by molar-refractivity contribution is 7.09. The van der Waals surface area contributed by atoms with E-state index in [1.54, 1.807) is 17.5 Å². The van der Waals surface area contributed by atoms with Gasteiger partial charge in [0.1, 0.15) is 10.7 Å². The summed E-state index contributed by atoms with van der Waals surface area (Å²) in [5.41, 5.74) is 1.62. The SMILES string of the molecule is C.O=C(N[C@@H](CC1CC1)c1nccs1)c1ccc(C2CC2)c(OCC2CC2)n1. The Hall–Kier alpha value is -1.95. The van der Waals surface area contributed by atoms with Crippen molar-refractivity contribution in [2.24, 2.45) is 11.8 Å². The number of hydrogen-bond acceptors (Lipinski definition) is 5. The predicted octanol–water partition coefficient (Wildman–Crippen LogP) is 5.11.